The molecule has 8 rings (SSSR count). The van der Waals surface area contributed by atoms with Gasteiger partial charge >= 0.3 is 6.03 Å². The number of ether oxygens (including phenoxy) is 2. The summed E-state index contributed by atoms with van der Waals surface area (Å²) in [6, 6.07) is 8.13. The van der Waals surface area contributed by atoms with Gasteiger partial charge < -0.3 is 29.2 Å². The van der Waals surface area contributed by atoms with Gasteiger partial charge in [0.05, 0.1) is 37.5 Å². The van der Waals surface area contributed by atoms with Crippen LogP contribution in [0.4, 0.5) is 10.5 Å². The zero-order chi connectivity index (χ0) is 38.8. The number of pyridine rings is 1. The van der Waals surface area contributed by atoms with Gasteiger partial charge in [0.2, 0.25) is 11.8 Å². The molecule has 5 aliphatic heterocycles. The highest BCUT2D eigenvalue weighted by Gasteiger charge is 2.47. The Kier molecular flexibility index (Phi) is 9.14. The number of nitrogens with one attached hydrogen (secondary N) is 2. The molecule has 3 saturated heterocycles. The van der Waals surface area contributed by atoms with Crippen LogP contribution in [0, 0.1) is 5.41 Å². The van der Waals surface area contributed by atoms with E-state index in [2.05, 4.69) is 20.4 Å². The molecule has 15 heteroatoms. The minimum absolute atomic E-state index is 0.0362. The molecule has 2 aromatic carbocycles. The van der Waals surface area contributed by atoms with Gasteiger partial charge in [0.25, 0.3) is 17.4 Å². The number of carbonyl (C=O) groups is 5. The molecule has 0 radical (unpaired) electrons. The van der Waals surface area contributed by atoms with E-state index in [1.54, 1.807) is 49.9 Å². The summed E-state index contributed by atoms with van der Waals surface area (Å²) in [5.74, 6) is -0.652. The standard InChI is InChI=1S/C40H45N7O8/c1-41-39(53)45-12-9-25-28(18-43(2)36(50)29(25)20-45)23-15-32(54-3)30(33(16-23)55-4)19-44-13-10-40(21-44)11-14-46(22-40)24-5-6-26-27(17-24)38(52)47(37(26)51)31-7-8-34(48)42-35(31)49/h5-6,15-18,31H,7-14,19-22H2,1-4H3,(H,41,53)(H,42,48,49). The number of benzene rings is 2. The maximum atomic E-state index is 13.5. The lowest BCUT2D eigenvalue weighted by Gasteiger charge is -2.30. The molecule has 0 aliphatic carbocycles. The average molecular weight is 752 g/mol. The summed E-state index contributed by atoms with van der Waals surface area (Å²) in [5.41, 5.74) is 5.60. The molecule has 6 heterocycles. The maximum Gasteiger partial charge on any atom is 0.317 e. The number of rotatable bonds is 7. The fourth-order valence-electron chi connectivity index (χ4n) is 9.21. The molecule has 3 fully saturated rings. The summed E-state index contributed by atoms with van der Waals surface area (Å²) in [6.45, 7) is 4.70. The van der Waals surface area contributed by atoms with Gasteiger partial charge in [0.1, 0.15) is 17.5 Å². The number of aromatic nitrogens is 1. The van der Waals surface area contributed by atoms with Crippen molar-refractivity contribution in [2.75, 3.05) is 58.9 Å². The largest absolute Gasteiger partial charge is 0.496 e. The van der Waals surface area contributed by atoms with Gasteiger partial charge in [-0.15, -0.1) is 0 Å². The number of anilines is 1. The number of imide groups is 2. The van der Waals surface area contributed by atoms with Gasteiger partial charge in [0, 0.05) is 81.7 Å². The average Bonchev–Trinajstić information content (AvgIpc) is 3.87. The minimum Gasteiger partial charge on any atom is -0.496 e. The predicted octanol–water partition coefficient (Wildman–Crippen LogP) is 2.27. The molecule has 15 nitrogen and oxygen atoms in total. The van der Waals surface area contributed by atoms with E-state index in [1.807, 2.05) is 24.4 Å². The number of piperidine rings is 1. The molecule has 5 aliphatic rings. The number of carbonyl (C=O) groups excluding carboxylic acids is 5. The van der Waals surface area contributed by atoms with E-state index in [4.69, 9.17) is 9.47 Å². The summed E-state index contributed by atoms with van der Waals surface area (Å²) in [4.78, 5) is 83.9. The van der Waals surface area contributed by atoms with E-state index in [0.717, 1.165) is 71.9 Å². The Hall–Kier alpha value is -5.70. The van der Waals surface area contributed by atoms with Gasteiger partial charge in [-0.25, -0.2) is 4.79 Å². The number of urea groups is 1. The van der Waals surface area contributed by atoms with Gasteiger partial charge in [-0.2, -0.15) is 0 Å². The minimum atomic E-state index is -0.997. The fraction of sp³-hybridized carbons (Fsp3) is 0.450. The molecule has 0 bridgehead atoms. The molecule has 1 spiro atoms. The summed E-state index contributed by atoms with van der Waals surface area (Å²) < 4.78 is 13.5. The van der Waals surface area contributed by atoms with Crippen LogP contribution in [0.1, 0.15) is 63.1 Å². The number of hydrogen-bond acceptors (Lipinski definition) is 10. The molecule has 2 unspecified atom stereocenters. The molecule has 0 saturated carbocycles. The van der Waals surface area contributed by atoms with E-state index in [-0.39, 0.29) is 47.5 Å². The number of methoxy groups -OCH3 is 2. The van der Waals surface area contributed by atoms with Crippen molar-refractivity contribution < 1.29 is 33.4 Å². The second-order valence-electron chi connectivity index (χ2n) is 15.3. The molecule has 1 aromatic heterocycles. The molecular formula is C40H45N7O8. The van der Waals surface area contributed by atoms with Gasteiger partial charge in [-0.3, -0.25) is 39.1 Å². The van der Waals surface area contributed by atoms with Crippen LogP contribution in [0.25, 0.3) is 11.1 Å². The van der Waals surface area contributed by atoms with Crippen molar-refractivity contribution in [2.45, 2.75) is 51.2 Å². The Morgan fingerprint density at radius 1 is 0.891 bits per heavy atom. The first-order chi connectivity index (χ1) is 26.4. The summed E-state index contributed by atoms with van der Waals surface area (Å²) in [7, 11) is 6.62. The van der Waals surface area contributed by atoms with Crippen LogP contribution in [-0.4, -0.2) is 109 Å². The first-order valence-corrected chi connectivity index (χ1v) is 18.7. The van der Waals surface area contributed by atoms with Gasteiger partial charge in [-0.1, -0.05) is 0 Å². The van der Waals surface area contributed by atoms with Crippen LogP contribution in [0.15, 0.2) is 41.3 Å². The number of amides is 6. The second-order valence-corrected chi connectivity index (χ2v) is 15.3. The molecule has 2 atom stereocenters. The lowest BCUT2D eigenvalue weighted by Crippen LogP contribution is -2.54. The highest BCUT2D eigenvalue weighted by Crippen LogP contribution is 2.44. The summed E-state index contributed by atoms with van der Waals surface area (Å²) in [6.07, 6.45) is 4.56. The van der Waals surface area contributed by atoms with Crippen LogP contribution < -0.4 is 30.6 Å². The number of likely N-dealkylation sites (tertiary alicyclic amines) is 1. The van der Waals surface area contributed by atoms with Crippen molar-refractivity contribution in [1.82, 2.24) is 29.9 Å². The Morgan fingerprint density at radius 3 is 2.33 bits per heavy atom. The number of fused-ring (bicyclic) bond motifs is 2. The Balaban J connectivity index is 0.985. The van der Waals surface area contributed by atoms with Gasteiger partial charge in [-0.05, 0) is 73.7 Å². The van der Waals surface area contributed by atoms with Crippen molar-refractivity contribution in [3.8, 4) is 22.6 Å². The zero-order valence-corrected chi connectivity index (χ0v) is 31.5. The number of nitrogens with zero attached hydrogens (tertiary/aromatic N) is 5. The topological polar surface area (TPSA) is 163 Å². The Morgan fingerprint density at radius 2 is 1.62 bits per heavy atom. The fourth-order valence-corrected chi connectivity index (χ4v) is 9.21. The molecule has 6 amide bonds. The highest BCUT2D eigenvalue weighted by molar-refractivity contribution is 6.23. The third-order valence-corrected chi connectivity index (χ3v) is 12.1. The SMILES string of the molecule is CNC(=O)N1CCc2c(-c3cc(OC)c(CN4CCC5(CCN(c6ccc7c(c6)C(=O)N(C6CCC(=O)NC6=O)C7=O)C5)C4)c(OC)c3)cn(C)c(=O)c2C1. The van der Waals surface area contributed by atoms with E-state index < -0.39 is 29.7 Å². The van der Waals surface area contributed by atoms with Crippen LogP contribution in [0.3, 0.4) is 0 Å². The first-order valence-electron chi connectivity index (χ1n) is 18.7. The third kappa shape index (κ3) is 6.19. The molecule has 3 aromatic rings. The second kappa shape index (κ2) is 13.9. The van der Waals surface area contributed by atoms with E-state index in [1.165, 1.54) is 0 Å². The number of aryl methyl sites for hydroxylation is 1. The van der Waals surface area contributed by atoms with Crippen LogP contribution >= 0.6 is 0 Å². The van der Waals surface area contributed by atoms with Gasteiger partial charge in [0.15, 0.2) is 0 Å². The lowest BCUT2D eigenvalue weighted by atomic mass is 9.86. The monoisotopic (exact) mass is 751 g/mol. The predicted molar refractivity (Wildman–Crippen MR) is 201 cm³/mol. The smallest absolute Gasteiger partial charge is 0.317 e. The van der Waals surface area contributed by atoms with Crippen LogP contribution in [0.2, 0.25) is 0 Å². The van der Waals surface area contributed by atoms with Crippen molar-refractivity contribution in [3.05, 3.63) is 74.7 Å². The summed E-state index contributed by atoms with van der Waals surface area (Å²) in [5, 5.41) is 4.90. The lowest BCUT2D eigenvalue weighted by molar-refractivity contribution is -0.136. The Labute approximate surface area is 318 Å². The maximum absolute atomic E-state index is 13.5. The molecule has 55 heavy (non-hydrogen) atoms. The van der Waals surface area contributed by atoms with Crippen molar-refractivity contribution in [3.63, 3.8) is 0 Å². The number of hydrogen-bond donors (Lipinski definition) is 2. The molecular weight excluding hydrogens is 706 g/mol. The van der Waals surface area contributed by atoms with Crippen molar-refractivity contribution >= 4 is 35.3 Å². The normalized spacial score (nSPS) is 22.3. The molecule has 288 valence electrons. The Bertz CT molecular complexity index is 2190. The zero-order valence-electron chi connectivity index (χ0n) is 31.5. The summed E-state index contributed by atoms with van der Waals surface area (Å²) >= 11 is 0. The van der Waals surface area contributed by atoms with E-state index >= 15 is 0 Å². The first kappa shape index (κ1) is 36.3. The van der Waals surface area contributed by atoms with E-state index in [0.29, 0.717) is 36.6 Å². The third-order valence-electron chi connectivity index (χ3n) is 12.1. The van der Waals surface area contributed by atoms with Crippen molar-refractivity contribution in [1.29, 1.82) is 0 Å². The van der Waals surface area contributed by atoms with Crippen LogP contribution in [-0.2, 0) is 36.1 Å². The van der Waals surface area contributed by atoms with Crippen LogP contribution in [0.5, 0.6) is 11.5 Å². The van der Waals surface area contributed by atoms with E-state index in [9.17, 15) is 28.8 Å². The molecule has 2 N–H and O–H groups in total. The highest BCUT2D eigenvalue weighted by atomic mass is 16.5. The quantitative estimate of drug-likeness (QED) is 0.343. The van der Waals surface area contributed by atoms with Crippen molar-refractivity contribution in [2.24, 2.45) is 12.5 Å².